The molecule has 5 heteroatoms. The summed E-state index contributed by atoms with van der Waals surface area (Å²) in [5.74, 6) is -0.584. The summed E-state index contributed by atoms with van der Waals surface area (Å²) in [6.07, 6.45) is -0.285. The lowest BCUT2D eigenvalue weighted by Gasteiger charge is -2.28. The average Bonchev–Trinajstić information content (AvgIpc) is 2.66. The normalized spacial score (nSPS) is 34.4. The molecule has 0 N–H and O–H groups in total. The molecule has 2 rings (SSSR count). The highest BCUT2D eigenvalue weighted by Crippen LogP contribution is 2.41. The molecule has 2 atom stereocenters. The summed E-state index contributed by atoms with van der Waals surface area (Å²) in [5, 5.41) is 0. The minimum absolute atomic E-state index is 0.0393. The van der Waals surface area contributed by atoms with Gasteiger partial charge >= 0.3 is 5.97 Å². The van der Waals surface area contributed by atoms with E-state index >= 15 is 0 Å². The zero-order valence-corrected chi connectivity index (χ0v) is 8.66. The molecule has 2 fully saturated rings. The monoisotopic (exact) mass is 215 g/mol. The molecule has 0 aromatic rings. The molecule has 0 spiro atoms. The highest BCUT2D eigenvalue weighted by Gasteiger charge is 2.58. The summed E-state index contributed by atoms with van der Waals surface area (Å²) in [5.41, 5.74) is -0.994. The van der Waals surface area contributed by atoms with Crippen LogP contribution in [0.5, 0.6) is 0 Å². The lowest BCUT2D eigenvalue weighted by atomic mass is 9.94. The molecule has 1 amide bonds. The van der Waals surface area contributed by atoms with Gasteiger partial charge in [-0.2, -0.15) is 0 Å². The van der Waals surface area contributed by atoms with E-state index in [1.54, 1.807) is 6.92 Å². The van der Waals surface area contributed by atoms with Crippen molar-refractivity contribution in [3.05, 3.63) is 0 Å². The highest BCUT2D eigenvalue weighted by atomic mass is 19.1. The van der Waals surface area contributed by atoms with Crippen LogP contribution < -0.4 is 0 Å². The number of hydrogen-bond acceptors (Lipinski definition) is 3. The number of fused-ring (bicyclic) bond motifs is 1. The molecule has 4 nitrogen and oxygen atoms in total. The number of nitrogens with zero attached hydrogens (tertiary/aromatic N) is 1. The molecule has 0 aromatic heterocycles. The predicted molar refractivity (Wildman–Crippen MR) is 49.8 cm³/mol. The summed E-state index contributed by atoms with van der Waals surface area (Å²) in [6.45, 7) is 2.01. The summed E-state index contributed by atoms with van der Waals surface area (Å²) in [6, 6.07) is 0. The number of rotatable bonds is 2. The van der Waals surface area contributed by atoms with Gasteiger partial charge in [-0.25, -0.2) is 9.18 Å². The molecule has 0 unspecified atom stereocenters. The summed E-state index contributed by atoms with van der Waals surface area (Å²) in [4.78, 5) is 24.6. The topological polar surface area (TPSA) is 46.6 Å². The van der Waals surface area contributed by atoms with Crippen LogP contribution in [0, 0.1) is 0 Å². The minimum Gasteiger partial charge on any atom is -0.464 e. The molecule has 2 aliphatic rings. The maximum Gasteiger partial charge on any atom is 0.332 e. The van der Waals surface area contributed by atoms with E-state index in [1.807, 2.05) is 0 Å². The van der Waals surface area contributed by atoms with Crippen LogP contribution in [0.25, 0.3) is 0 Å². The van der Waals surface area contributed by atoms with Gasteiger partial charge in [0.15, 0.2) is 0 Å². The number of carbonyl (C=O) groups excluding carboxylic acids is 2. The second kappa shape index (κ2) is 3.47. The van der Waals surface area contributed by atoms with Crippen LogP contribution in [0.2, 0.25) is 0 Å². The van der Waals surface area contributed by atoms with Gasteiger partial charge in [0.2, 0.25) is 5.91 Å². The van der Waals surface area contributed by atoms with Gasteiger partial charge in [0.25, 0.3) is 0 Å². The molecule has 2 saturated heterocycles. The van der Waals surface area contributed by atoms with Gasteiger partial charge in [-0.1, -0.05) is 0 Å². The second-order valence-corrected chi connectivity index (χ2v) is 4.06. The minimum atomic E-state index is -1.10. The van der Waals surface area contributed by atoms with Crippen LogP contribution in [0.4, 0.5) is 4.39 Å². The van der Waals surface area contributed by atoms with Crippen LogP contribution in [-0.4, -0.2) is 41.6 Å². The Kier molecular flexibility index (Phi) is 2.40. The molecule has 15 heavy (non-hydrogen) atoms. The first-order valence-corrected chi connectivity index (χ1v) is 5.22. The van der Waals surface area contributed by atoms with Crippen LogP contribution in [-0.2, 0) is 14.3 Å². The Morgan fingerprint density at radius 1 is 1.73 bits per heavy atom. The fourth-order valence-electron chi connectivity index (χ4n) is 2.50. The summed E-state index contributed by atoms with van der Waals surface area (Å²) < 4.78 is 18.2. The molecule has 0 bridgehead atoms. The van der Waals surface area contributed by atoms with Gasteiger partial charge < -0.3 is 9.64 Å². The largest absolute Gasteiger partial charge is 0.464 e. The fraction of sp³-hybridized carbons (Fsp3) is 0.800. The number of hydrogen-bond donors (Lipinski definition) is 0. The number of alkyl halides is 1. The first-order chi connectivity index (χ1) is 7.10. The average molecular weight is 215 g/mol. The molecule has 2 aliphatic heterocycles. The Bertz CT molecular complexity index is 307. The number of halogens is 1. The summed E-state index contributed by atoms with van der Waals surface area (Å²) >= 11 is 0. The highest BCUT2D eigenvalue weighted by molar-refractivity contribution is 5.92. The molecular formula is C10H14FNO3. The third-order valence-corrected chi connectivity index (χ3v) is 3.17. The summed E-state index contributed by atoms with van der Waals surface area (Å²) in [7, 11) is 0. The van der Waals surface area contributed by atoms with Crippen LogP contribution in [0.15, 0.2) is 0 Å². The van der Waals surface area contributed by atoms with Crippen molar-refractivity contribution in [3.8, 4) is 0 Å². The smallest absolute Gasteiger partial charge is 0.332 e. The Morgan fingerprint density at radius 2 is 2.47 bits per heavy atom. The van der Waals surface area contributed by atoms with E-state index in [0.29, 0.717) is 12.8 Å². The third-order valence-electron chi connectivity index (χ3n) is 3.17. The van der Waals surface area contributed by atoms with Crippen molar-refractivity contribution >= 4 is 11.9 Å². The van der Waals surface area contributed by atoms with Gasteiger partial charge in [-0.15, -0.1) is 0 Å². The zero-order chi connectivity index (χ0) is 11.1. The molecular weight excluding hydrogens is 201 g/mol. The number of esters is 1. The van der Waals surface area contributed by atoms with E-state index < -0.39 is 17.7 Å². The van der Waals surface area contributed by atoms with Gasteiger partial charge in [-0.3, -0.25) is 4.79 Å². The lowest BCUT2D eigenvalue weighted by molar-refractivity contribution is -0.157. The van der Waals surface area contributed by atoms with Gasteiger partial charge in [-0.05, 0) is 13.3 Å². The molecule has 0 radical (unpaired) electrons. The van der Waals surface area contributed by atoms with E-state index in [1.165, 1.54) is 4.90 Å². The van der Waals surface area contributed by atoms with Crippen molar-refractivity contribution in [1.82, 2.24) is 4.90 Å². The lowest BCUT2D eigenvalue weighted by Crippen LogP contribution is -2.48. The van der Waals surface area contributed by atoms with E-state index in [-0.39, 0.29) is 25.5 Å². The van der Waals surface area contributed by atoms with Gasteiger partial charge in [0.05, 0.1) is 13.2 Å². The van der Waals surface area contributed by atoms with E-state index in [4.69, 9.17) is 4.74 Å². The standard InChI is InChI=1S/C10H14FNO3/c1-2-15-9(14)10-4-3-8(13)12(10)6-7(11)5-10/h7H,2-6H2,1H3/t7-,10-/m0/s1. The number of ether oxygens (including phenoxy) is 1. The Morgan fingerprint density at radius 3 is 3.13 bits per heavy atom. The number of carbonyl (C=O) groups is 2. The van der Waals surface area contributed by atoms with Gasteiger partial charge in [0, 0.05) is 12.8 Å². The SMILES string of the molecule is CCOC(=O)[C@@]12CCC(=O)N1C[C@@H](F)C2. The molecule has 0 aromatic carbocycles. The fourth-order valence-corrected chi connectivity index (χ4v) is 2.50. The molecule has 0 saturated carbocycles. The van der Waals surface area contributed by atoms with Crippen molar-refractivity contribution in [2.75, 3.05) is 13.2 Å². The van der Waals surface area contributed by atoms with Gasteiger partial charge in [0.1, 0.15) is 11.7 Å². The van der Waals surface area contributed by atoms with Crippen molar-refractivity contribution < 1.29 is 18.7 Å². The Balaban J connectivity index is 2.24. The van der Waals surface area contributed by atoms with Crippen molar-refractivity contribution in [2.45, 2.75) is 37.9 Å². The second-order valence-electron chi connectivity index (χ2n) is 4.06. The molecule has 0 aliphatic carbocycles. The first kappa shape index (κ1) is 10.4. The Hall–Kier alpha value is -1.13. The third kappa shape index (κ3) is 1.41. The maximum atomic E-state index is 13.3. The van der Waals surface area contributed by atoms with Crippen molar-refractivity contribution in [1.29, 1.82) is 0 Å². The Labute approximate surface area is 87.4 Å². The van der Waals surface area contributed by atoms with E-state index in [0.717, 1.165) is 0 Å². The quantitative estimate of drug-likeness (QED) is 0.635. The van der Waals surface area contributed by atoms with Crippen LogP contribution >= 0.6 is 0 Å². The van der Waals surface area contributed by atoms with Crippen LogP contribution in [0.1, 0.15) is 26.2 Å². The first-order valence-electron chi connectivity index (χ1n) is 5.22. The molecule has 2 heterocycles. The number of amides is 1. The molecule has 84 valence electrons. The van der Waals surface area contributed by atoms with E-state index in [9.17, 15) is 14.0 Å². The predicted octanol–water partition coefficient (Wildman–Crippen LogP) is 0.652. The maximum absolute atomic E-state index is 13.3. The van der Waals surface area contributed by atoms with Crippen molar-refractivity contribution in [3.63, 3.8) is 0 Å². The van der Waals surface area contributed by atoms with Crippen LogP contribution in [0.3, 0.4) is 0 Å². The van der Waals surface area contributed by atoms with E-state index in [2.05, 4.69) is 0 Å². The van der Waals surface area contributed by atoms with Crippen molar-refractivity contribution in [2.24, 2.45) is 0 Å². The zero-order valence-electron chi connectivity index (χ0n) is 8.66.